The minimum atomic E-state index is -0.106. The van der Waals surface area contributed by atoms with Gasteiger partial charge < -0.3 is 9.84 Å². The molecule has 0 bridgehead atoms. The highest BCUT2D eigenvalue weighted by atomic mass is 16.5. The van der Waals surface area contributed by atoms with Crippen molar-refractivity contribution in [3.05, 3.63) is 35.4 Å². The summed E-state index contributed by atoms with van der Waals surface area (Å²) in [6, 6.07) is 9.81. The van der Waals surface area contributed by atoms with E-state index < -0.39 is 0 Å². The summed E-state index contributed by atoms with van der Waals surface area (Å²) in [5, 5.41) is 9.94. The number of nitrogens with zero attached hydrogens (tertiary/aromatic N) is 3. The highest BCUT2D eigenvalue weighted by Gasteiger charge is 2.28. The van der Waals surface area contributed by atoms with Gasteiger partial charge in [-0.15, -0.1) is 0 Å². The molecular formula is C22H35N3O2. The molecule has 0 amide bonds. The second-order valence-electron chi connectivity index (χ2n) is 8.51. The van der Waals surface area contributed by atoms with Crippen LogP contribution in [0.5, 0.6) is 0 Å². The zero-order chi connectivity index (χ0) is 18.5. The summed E-state index contributed by atoms with van der Waals surface area (Å²) < 4.78 is 5.45. The van der Waals surface area contributed by atoms with E-state index in [0.29, 0.717) is 6.04 Å². The minimum Gasteiger partial charge on any atom is -0.392 e. The van der Waals surface area contributed by atoms with Gasteiger partial charge in [0.05, 0.1) is 19.3 Å². The maximum absolute atomic E-state index is 9.94. The zero-order valence-corrected chi connectivity index (χ0v) is 16.6. The van der Waals surface area contributed by atoms with Crippen molar-refractivity contribution in [2.45, 2.75) is 50.9 Å². The van der Waals surface area contributed by atoms with Gasteiger partial charge in [0.15, 0.2) is 0 Å². The molecular weight excluding hydrogens is 338 g/mol. The molecule has 0 aromatic heterocycles. The van der Waals surface area contributed by atoms with Gasteiger partial charge in [-0.25, -0.2) is 0 Å². The fraction of sp³-hybridized carbons (Fsp3) is 0.727. The Bertz CT molecular complexity index is 583. The predicted molar refractivity (Wildman–Crippen MR) is 108 cm³/mol. The Balaban J connectivity index is 1.25. The van der Waals surface area contributed by atoms with Crippen LogP contribution in [0.1, 0.15) is 36.8 Å². The molecule has 0 spiro atoms. The van der Waals surface area contributed by atoms with Crippen molar-refractivity contribution < 1.29 is 9.84 Å². The summed E-state index contributed by atoms with van der Waals surface area (Å²) in [5.41, 5.74) is 2.86. The third-order valence-corrected chi connectivity index (χ3v) is 6.41. The minimum absolute atomic E-state index is 0.106. The Labute approximate surface area is 163 Å². The first-order valence-electron chi connectivity index (χ1n) is 10.8. The van der Waals surface area contributed by atoms with Crippen LogP contribution in [0.3, 0.4) is 0 Å². The summed E-state index contributed by atoms with van der Waals surface area (Å²) >= 11 is 0. The number of likely N-dealkylation sites (tertiary alicyclic amines) is 2. The van der Waals surface area contributed by atoms with Gasteiger partial charge in [-0.3, -0.25) is 14.7 Å². The summed E-state index contributed by atoms with van der Waals surface area (Å²) in [7, 11) is 0. The topological polar surface area (TPSA) is 39.2 Å². The highest BCUT2D eigenvalue weighted by molar-refractivity contribution is 5.23. The van der Waals surface area contributed by atoms with E-state index in [1.54, 1.807) is 0 Å². The van der Waals surface area contributed by atoms with E-state index in [1.165, 1.54) is 43.6 Å². The van der Waals surface area contributed by atoms with E-state index in [2.05, 4.69) is 39.0 Å². The van der Waals surface area contributed by atoms with E-state index in [9.17, 15) is 5.11 Å². The molecule has 1 atom stereocenters. The zero-order valence-electron chi connectivity index (χ0n) is 16.6. The fourth-order valence-corrected chi connectivity index (χ4v) is 4.86. The number of piperidine rings is 2. The molecule has 3 fully saturated rings. The third-order valence-electron chi connectivity index (χ3n) is 6.41. The molecule has 0 unspecified atom stereocenters. The molecule has 27 heavy (non-hydrogen) atoms. The lowest BCUT2D eigenvalue weighted by atomic mass is 9.98. The number of aliphatic hydroxyl groups excluding tert-OH is 1. The molecule has 3 heterocycles. The van der Waals surface area contributed by atoms with E-state index in [0.717, 1.165) is 58.8 Å². The molecule has 0 aliphatic carbocycles. The number of morpholine rings is 1. The summed E-state index contributed by atoms with van der Waals surface area (Å²) in [6.45, 7) is 10.3. The van der Waals surface area contributed by atoms with E-state index in [-0.39, 0.29) is 6.10 Å². The quantitative estimate of drug-likeness (QED) is 0.854. The first-order chi connectivity index (χ1) is 13.3. The van der Waals surface area contributed by atoms with Crippen molar-refractivity contribution in [2.24, 2.45) is 0 Å². The second-order valence-corrected chi connectivity index (χ2v) is 8.51. The smallest absolute Gasteiger partial charge is 0.0667 e. The van der Waals surface area contributed by atoms with E-state index >= 15 is 0 Å². The summed E-state index contributed by atoms with van der Waals surface area (Å²) in [4.78, 5) is 7.63. The molecule has 5 nitrogen and oxygen atoms in total. The second kappa shape index (κ2) is 9.48. The number of aliphatic hydroxyl groups is 1. The van der Waals surface area contributed by atoms with Gasteiger partial charge in [-0.2, -0.15) is 0 Å². The van der Waals surface area contributed by atoms with Crippen molar-refractivity contribution in [3.63, 3.8) is 0 Å². The van der Waals surface area contributed by atoms with Crippen LogP contribution in [0.4, 0.5) is 0 Å². The number of ether oxygens (including phenoxy) is 1. The van der Waals surface area contributed by atoms with Crippen LogP contribution < -0.4 is 0 Å². The van der Waals surface area contributed by atoms with Gasteiger partial charge in [0, 0.05) is 38.8 Å². The van der Waals surface area contributed by atoms with Crippen molar-refractivity contribution in [1.29, 1.82) is 0 Å². The van der Waals surface area contributed by atoms with Crippen molar-refractivity contribution in [2.75, 3.05) is 52.5 Å². The van der Waals surface area contributed by atoms with Gasteiger partial charge >= 0.3 is 0 Å². The van der Waals surface area contributed by atoms with Gasteiger partial charge in [0.1, 0.15) is 0 Å². The van der Waals surface area contributed by atoms with Crippen molar-refractivity contribution in [3.8, 4) is 0 Å². The first kappa shape index (κ1) is 19.3. The number of hydrogen-bond donors (Lipinski definition) is 1. The largest absolute Gasteiger partial charge is 0.392 e. The lowest BCUT2D eigenvalue weighted by Gasteiger charge is -2.41. The fourth-order valence-electron chi connectivity index (χ4n) is 4.86. The molecule has 3 saturated heterocycles. The van der Waals surface area contributed by atoms with Crippen LogP contribution >= 0.6 is 0 Å². The molecule has 1 aromatic carbocycles. The average molecular weight is 374 g/mol. The number of hydrogen-bond acceptors (Lipinski definition) is 5. The standard InChI is InChI=1S/C22H35N3O2/c26-22-5-2-8-25(18-22)21-6-9-23(10-7-21)16-19-3-1-4-20(15-19)17-24-11-13-27-14-12-24/h1,3-4,15,21-22,26H,2,5-14,16-18H2/t22-/m0/s1. The molecule has 3 aliphatic heterocycles. The maximum atomic E-state index is 9.94. The lowest BCUT2D eigenvalue weighted by Crippen LogP contribution is -2.49. The number of rotatable bonds is 5. The molecule has 4 rings (SSSR count). The van der Waals surface area contributed by atoms with Crippen LogP contribution in [0.15, 0.2) is 24.3 Å². The maximum Gasteiger partial charge on any atom is 0.0667 e. The Morgan fingerprint density at radius 3 is 2.22 bits per heavy atom. The molecule has 150 valence electrons. The predicted octanol–water partition coefficient (Wildman–Crippen LogP) is 1.94. The van der Waals surface area contributed by atoms with Crippen LogP contribution in [0.2, 0.25) is 0 Å². The number of benzene rings is 1. The van der Waals surface area contributed by atoms with Crippen molar-refractivity contribution in [1.82, 2.24) is 14.7 Å². The van der Waals surface area contributed by atoms with Gasteiger partial charge in [-0.05, 0) is 56.4 Å². The van der Waals surface area contributed by atoms with Crippen LogP contribution in [0.25, 0.3) is 0 Å². The first-order valence-corrected chi connectivity index (χ1v) is 10.8. The van der Waals surface area contributed by atoms with Gasteiger partial charge in [0.25, 0.3) is 0 Å². The monoisotopic (exact) mass is 373 g/mol. The average Bonchev–Trinajstić information content (AvgIpc) is 2.70. The molecule has 0 radical (unpaired) electrons. The Morgan fingerprint density at radius 1 is 0.889 bits per heavy atom. The van der Waals surface area contributed by atoms with E-state index in [4.69, 9.17) is 4.74 Å². The molecule has 1 aromatic rings. The molecule has 0 saturated carbocycles. The summed E-state index contributed by atoms with van der Waals surface area (Å²) in [6.07, 6.45) is 4.50. The SMILES string of the molecule is O[C@H]1CCCN(C2CCN(Cc3cccc(CN4CCOCC4)c3)CC2)C1. The lowest BCUT2D eigenvalue weighted by molar-refractivity contribution is 0.0243. The Hall–Kier alpha value is -0.980. The normalized spacial score (nSPS) is 27.1. The Morgan fingerprint density at radius 2 is 1.56 bits per heavy atom. The van der Waals surface area contributed by atoms with Crippen LogP contribution in [-0.4, -0.2) is 84.4 Å². The van der Waals surface area contributed by atoms with Crippen LogP contribution in [0, 0.1) is 0 Å². The highest BCUT2D eigenvalue weighted by Crippen LogP contribution is 2.22. The number of β-amino-alcohol motifs (C(OH)–C–C–N with tert-alkyl or cyclic N) is 1. The van der Waals surface area contributed by atoms with E-state index in [1.807, 2.05) is 0 Å². The Kier molecular flexibility index (Phi) is 6.79. The summed E-state index contributed by atoms with van der Waals surface area (Å²) in [5.74, 6) is 0. The third kappa shape index (κ3) is 5.52. The van der Waals surface area contributed by atoms with Crippen LogP contribution in [-0.2, 0) is 17.8 Å². The molecule has 1 N–H and O–H groups in total. The molecule has 5 heteroatoms. The molecule has 3 aliphatic rings. The van der Waals surface area contributed by atoms with Gasteiger partial charge in [0.2, 0.25) is 0 Å². The van der Waals surface area contributed by atoms with Crippen molar-refractivity contribution >= 4 is 0 Å². The van der Waals surface area contributed by atoms with Gasteiger partial charge in [-0.1, -0.05) is 24.3 Å².